The third-order valence-corrected chi connectivity index (χ3v) is 7.30. The number of pyridine rings is 1. The van der Waals surface area contributed by atoms with E-state index in [9.17, 15) is 13.2 Å². The first-order valence-electron chi connectivity index (χ1n) is 9.93. The van der Waals surface area contributed by atoms with Crippen molar-refractivity contribution in [3.63, 3.8) is 0 Å². The van der Waals surface area contributed by atoms with Crippen LogP contribution in [0.3, 0.4) is 0 Å². The number of sulfone groups is 1. The summed E-state index contributed by atoms with van der Waals surface area (Å²) in [4.78, 5) is 21.3. The molecular weight excluding hydrogens is 533 g/mol. The number of nitrogens with zero attached hydrogens (tertiary/aromatic N) is 3. The third kappa shape index (κ3) is 4.74. The number of hydrogen-bond donors (Lipinski definition) is 0. The highest BCUT2D eigenvalue weighted by Gasteiger charge is 2.34. The maximum atomic E-state index is 13.3. The summed E-state index contributed by atoms with van der Waals surface area (Å²) >= 11 is 2.19. The molecule has 2 aliphatic heterocycles. The molecule has 0 bridgehead atoms. The lowest BCUT2D eigenvalue weighted by atomic mass is 10.1. The molecule has 1 amide bonds. The van der Waals surface area contributed by atoms with Gasteiger partial charge in [0.1, 0.15) is 18.0 Å². The zero-order valence-corrected chi connectivity index (χ0v) is 20.6. The van der Waals surface area contributed by atoms with Crippen molar-refractivity contribution in [1.29, 1.82) is 0 Å². The van der Waals surface area contributed by atoms with Gasteiger partial charge in [-0.1, -0.05) is 0 Å². The lowest BCUT2D eigenvalue weighted by Gasteiger charge is -2.32. The number of aromatic nitrogens is 1. The molecule has 0 N–H and O–H groups in total. The topological polar surface area (TPSA) is 89.0 Å². The molecule has 0 spiro atoms. The molecule has 2 aromatic rings. The van der Waals surface area contributed by atoms with Crippen molar-refractivity contribution in [2.24, 2.45) is 0 Å². The smallest absolute Gasteiger partial charge is 0.420 e. The van der Waals surface area contributed by atoms with Crippen LogP contribution in [-0.4, -0.2) is 49.7 Å². The van der Waals surface area contributed by atoms with Crippen molar-refractivity contribution in [3.05, 3.63) is 39.6 Å². The Labute approximate surface area is 195 Å². The van der Waals surface area contributed by atoms with Crippen LogP contribution < -0.4 is 14.5 Å². The molecule has 1 saturated heterocycles. The van der Waals surface area contributed by atoms with E-state index in [-0.39, 0.29) is 18.1 Å². The second kappa shape index (κ2) is 8.12. The van der Waals surface area contributed by atoms with Gasteiger partial charge < -0.3 is 14.4 Å². The van der Waals surface area contributed by atoms with Gasteiger partial charge in [0.15, 0.2) is 15.7 Å². The largest absolute Gasteiger partial charge is 0.486 e. The van der Waals surface area contributed by atoms with Crippen molar-refractivity contribution in [3.8, 4) is 5.75 Å². The molecule has 10 heteroatoms. The summed E-state index contributed by atoms with van der Waals surface area (Å²) < 4.78 is 36.5. The fourth-order valence-electron chi connectivity index (χ4n) is 3.60. The maximum Gasteiger partial charge on any atom is 0.420 e. The van der Waals surface area contributed by atoms with E-state index in [0.29, 0.717) is 30.3 Å². The van der Waals surface area contributed by atoms with Gasteiger partial charge >= 0.3 is 6.09 Å². The van der Waals surface area contributed by atoms with Gasteiger partial charge in [-0.2, -0.15) is 0 Å². The van der Waals surface area contributed by atoms with Crippen molar-refractivity contribution < 1.29 is 22.7 Å². The number of hydrogen-bond acceptors (Lipinski definition) is 7. The molecule has 166 valence electrons. The van der Waals surface area contributed by atoms with E-state index in [0.717, 1.165) is 14.8 Å². The molecule has 0 aliphatic carbocycles. The minimum absolute atomic E-state index is 0.0964. The van der Waals surface area contributed by atoms with Crippen LogP contribution in [0.5, 0.6) is 5.75 Å². The van der Waals surface area contributed by atoms with Crippen molar-refractivity contribution in [2.45, 2.75) is 33.0 Å². The average molecular weight is 557 g/mol. The van der Waals surface area contributed by atoms with Crippen molar-refractivity contribution >= 4 is 55.7 Å². The van der Waals surface area contributed by atoms with Gasteiger partial charge in [-0.3, -0.25) is 0 Å². The van der Waals surface area contributed by atoms with E-state index in [1.165, 1.54) is 4.90 Å². The van der Waals surface area contributed by atoms with E-state index < -0.39 is 21.5 Å². The Balaban J connectivity index is 1.82. The lowest BCUT2D eigenvalue weighted by molar-refractivity contribution is 0.0598. The molecule has 31 heavy (non-hydrogen) atoms. The maximum absolute atomic E-state index is 13.3. The normalized spacial score (nSPS) is 17.8. The van der Waals surface area contributed by atoms with Gasteiger partial charge in [0, 0.05) is 28.5 Å². The molecule has 3 heterocycles. The van der Waals surface area contributed by atoms with E-state index in [1.54, 1.807) is 6.20 Å². The number of fused-ring (bicyclic) bond motifs is 2. The van der Waals surface area contributed by atoms with Crippen LogP contribution in [0, 0.1) is 3.57 Å². The van der Waals surface area contributed by atoms with Crippen molar-refractivity contribution in [2.75, 3.05) is 34.4 Å². The molecule has 8 nitrogen and oxygen atoms in total. The van der Waals surface area contributed by atoms with Crippen molar-refractivity contribution in [1.82, 2.24) is 4.98 Å². The van der Waals surface area contributed by atoms with Crippen LogP contribution in [0.4, 0.5) is 22.0 Å². The number of carbonyl (C=O) groups is 1. The van der Waals surface area contributed by atoms with E-state index in [2.05, 4.69) is 27.6 Å². The van der Waals surface area contributed by atoms with E-state index in [4.69, 9.17) is 9.47 Å². The summed E-state index contributed by atoms with van der Waals surface area (Å²) in [5, 5.41) is 0. The standard InChI is InChI=1S/C21H24IN3O5S/c1-21(2,3)30-20(26)25-17-12-14(22)4-5-18(17)29-13-15-16(6-7-23-19(15)25)24-8-10-31(27,28)11-9-24/h4-7,12H,8-11,13H2,1-3H3. The molecule has 1 aromatic heterocycles. The second-order valence-corrected chi connectivity index (χ2v) is 12.0. The quantitative estimate of drug-likeness (QED) is 0.492. The Morgan fingerprint density at radius 1 is 1.16 bits per heavy atom. The Bertz CT molecular complexity index is 1120. The Morgan fingerprint density at radius 3 is 2.55 bits per heavy atom. The van der Waals surface area contributed by atoms with Crippen LogP contribution in [0.25, 0.3) is 0 Å². The predicted octanol–water partition coefficient (Wildman–Crippen LogP) is 3.89. The first-order valence-corrected chi connectivity index (χ1v) is 12.8. The highest BCUT2D eigenvalue weighted by atomic mass is 127. The van der Waals surface area contributed by atoms with Gasteiger partial charge in [0.25, 0.3) is 0 Å². The summed E-state index contributed by atoms with van der Waals surface area (Å²) in [7, 11) is -3.02. The number of halogens is 1. The number of ether oxygens (including phenoxy) is 2. The van der Waals surface area contributed by atoms with E-state index >= 15 is 0 Å². The fraction of sp³-hybridized carbons (Fsp3) is 0.429. The van der Waals surface area contributed by atoms with E-state index in [1.807, 2.05) is 49.9 Å². The monoisotopic (exact) mass is 557 g/mol. The number of rotatable bonds is 1. The van der Waals surface area contributed by atoms with Gasteiger partial charge in [-0.25, -0.2) is 23.1 Å². The molecule has 0 radical (unpaired) electrons. The summed E-state index contributed by atoms with van der Waals surface area (Å²) in [6.45, 7) is 6.41. The third-order valence-electron chi connectivity index (χ3n) is 5.02. The fourth-order valence-corrected chi connectivity index (χ4v) is 5.27. The molecule has 2 aliphatic rings. The van der Waals surface area contributed by atoms with Crippen LogP contribution in [0.2, 0.25) is 0 Å². The lowest BCUT2D eigenvalue weighted by Crippen LogP contribution is -2.41. The number of benzene rings is 1. The first-order chi connectivity index (χ1) is 14.5. The molecule has 0 saturated carbocycles. The first kappa shape index (κ1) is 22.1. The molecular formula is C21H24IN3O5S. The van der Waals surface area contributed by atoms with Gasteiger partial charge in [0.2, 0.25) is 0 Å². The molecule has 1 fully saturated rings. The summed E-state index contributed by atoms with van der Waals surface area (Å²) in [6, 6.07) is 7.43. The SMILES string of the molecule is CC(C)(C)OC(=O)N1c2cc(I)ccc2OCc2c(N3CCS(=O)(=O)CC3)ccnc21. The second-order valence-electron chi connectivity index (χ2n) is 8.49. The Morgan fingerprint density at radius 2 is 1.87 bits per heavy atom. The zero-order valence-electron chi connectivity index (χ0n) is 17.6. The van der Waals surface area contributed by atoms with Gasteiger partial charge in [-0.15, -0.1) is 0 Å². The molecule has 0 unspecified atom stereocenters. The molecule has 1 aromatic carbocycles. The minimum atomic E-state index is -3.02. The van der Waals surface area contributed by atoms with Gasteiger partial charge in [-0.05, 0) is 67.6 Å². The zero-order chi connectivity index (χ0) is 22.4. The van der Waals surface area contributed by atoms with Crippen LogP contribution in [0.15, 0.2) is 30.5 Å². The average Bonchev–Trinajstić information content (AvgIpc) is 2.83. The summed E-state index contributed by atoms with van der Waals surface area (Å²) in [5.74, 6) is 1.18. The molecule has 0 atom stereocenters. The minimum Gasteiger partial charge on any atom is -0.486 e. The predicted molar refractivity (Wildman–Crippen MR) is 127 cm³/mol. The number of carbonyl (C=O) groups excluding carboxylic acids is 1. The highest BCUT2D eigenvalue weighted by Crippen LogP contribution is 2.42. The Kier molecular flexibility index (Phi) is 5.80. The summed E-state index contributed by atoms with van der Waals surface area (Å²) in [6.07, 6.45) is 1.08. The molecule has 4 rings (SSSR count). The van der Waals surface area contributed by atoms with Crippen LogP contribution in [0.1, 0.15) is 26.3 Å². The number of amides is 1. The van der Waals surface area contributed by atoms with Crippen LogP contribution in [-0.2, 0) is 21.2 Å². The highest BCUT2D eigenvalue weighted by molar-refractivity contribution is 14.1. The Hall–Kier alpha value is -2.08. The van der Waals surface area contributed by atoms with Gasteiger partial charge in [0.05, 0.1) is 22.8 Å². The van der Waals surface area contributed by atoms with Crippen LogP contribution >= 0.6 is 22.6 Å². The summed E-state index contributed by atoms with van der Waals surface area (Å²) in [5.41, 5.74) is 1.41. The number of anilines is 3.